The number of carboxylic acids is 2. The molecule has 0 saturated heterocycles. The zero-order chi connectivity index (χ0) is 47.8. The Kier molecular flexibility index (Phi) is 106. The molecule has 0 fully saturated rings. The predicted octanol–water partition coefficient (Wildman–Crippen LogP) is 4.48. The van der Waals surface area contributed by atoms with Gasteiger partial charge in [-0.15, -0.1) is 0 Å². The largest absolute Gasteiger partial charge is 0.478 e. The van der Waals surface area contributed by atoms with Crippen LogP contribution in [-0.4, -0.2) is 163 Å². The topological polar surface area (TPSA) is 317 Å². The van der Waals surface area contributed by atoms with E-state index in [1.165, 1.54) is 13.8 Å². The number of carboxylic acid groups (broad SMARTS) is 2. The van der Waals surface area contributed by atoms with Crippen molar-refractivity contribution in [1.82, 2.24) is 0 Å². The van der Waals surface area contributed by atoms with Crippen molar-refractivity contribution in [2.24, 2.45) is 0 Å². The second-order valence-corrected chi connectivity index (χ2v) is 13.3. The van der Waals surface area contributed by atoms with Crippen LogP contribution in [0.3, 0.4) is 0 Å². The lowest BCUT2D eigenvalue weighted by Gasteiger charge is -1.93. The van der Waals surface area contributed by atoms with Gasteiger partial charge in [0.05, 0.1) is 0 Å². The van der Waals surface area contributed by atoms with E-state index in [0.29, 0.717) is 0 Å². The Morgan fingerprint density at radius 3 is 0.350 bits per heavy atom. The van der Waals surface area contributed by atoms with E-state index < -0.39 is 11.9 Å². The fraction of sp³-hybridized carbons (Fsp3) is 0.864. The molecule has 0 aliphatic carbocycles. The van der Waals surface area contributed by atoms with Gasteiger partial charge in [0.15, 0.2) is 0 Å². The second-order valence-electron chi connectivity index (χ2n) is 13.3. The number of carbonyl (C=O) groups is 2. The number of aliphatic carboxylic acids is 2. The van der Waals surface area contributed by atoms with Crippen LogP contribution in [0.15, 0.2) is 24.3 Å². The zero-order valence-electron chi connectivity index (χ0n) is 37.9. The van der Waals surface area contributed by atoms with Gasteiger partial charge in [-0.2, -0.15) is 0 Å². The van der Waals surface area contributed by atoms with Gasteiger partial charge in [-0.3, -0.25) is 0 Å². The number of aliphatic hydroxyl groups is 12. The third kappa shape index (κ3) is 131. The Morgan fingerprint density at radius 2 is 0.317 bits per heavy atom. The summed E-state index contributed by atoms with van der Waals surface area (Å²) in [6.07, 6.45) is 23.0. The molecular formula is C44H96O16. The van der Waals surface area contributed by atoms with Gasteiger partial charge in [0.2, 0.25) is 0 Å². The highest BCUT2D eigenvalue weighted by Crippen LogP contribution is 2.00. The van der Waals surface area contributed by atoms with Gasteiger partial charge < -0.3 is 71.5 Å². The standard InChI is InChI=1S/6C6H14O2.2C4H6O2/c6*7-5-3-1-2-4-6-8;2*1-3(2)4(5)6/h6*7-8H,1-6H2;2*1H2,2H3,(H,5,6). The third-order valence-electron chi connectivity index (χ3n) is 7.13. The van der Waals surface area contributed by atoms with Gasteiger partial charge in [-0.1, -0.05) is 90.2 Å². The van der Waals surface area contributed by atoms with Crippen molar-refractivity contribution in [3.05, 3.63) is 24.3 Å². The molecule has 0 rings (SSSR count). The summed E-state index contributed by atoms with van der Waals surface area (Å²) >= 11 is 0. The first kappa shape index (κ1) is 75.3. The molecule has 0 spiro atoms. The number of aliphatic hydroxyl groups excluding tert-OH is 12. The van der Waals surface area contributed by atoms with E-state index in [4.69, 9.17) is 71.5 Å². The molecule has 0 bridgehead atoms. The minimum absolute atomic E-state index is 0.176. The first-order valence-electron chi connectivity index (χ1n) is 21.9. The van der Waals surface area contributed by atoms with E-state index in [1.807, 2.05) is 0 Å². The molecule has 0 aliphatic rings. The van der Waals surface area contributed by atoms with Gasteiger partial charge >= 0.3 is 11.9 Å². The van der Waals surface area contributed by atoms with Crippen LogP contribution >= 0.6 is 0 Å². The van der Waals surface area contributed by atoms with Crippen LogP contribution in [0.4, 0.5) is 0 Å². The van der Waals surface area contributed by atoms with E-state index in [2.05, 4.69) is 13.2 Å². The van der Waals surface area contributed by atoms with Crippen LogP contribution in [0, 0.1) is 0 Å². The fourth-order valence-electron chi connectivity index (χ4n) is 3.46. The van der Waals surface area contributed by atoms with Crippen molar-refractivity contribution in [2.75, 3.05) is 79.3 Å². The molecule has 0 aromatic heterocycles. The van der Waals surface area contributed by atoms with Crippen molar-refractivity contribution in [3.8, 4) is 0 Å². The summed E-state index contributed by atoms with van der Waals surface area (Å²) in [6, 6.07) is 0. The van der Waals surface area contributed by atoms with E-state index in [-0.39, 0.29) is 90.4 Å². The van der Waals surface area contributed by atoms with E-state index in [0.717, 1.165) is 154 Å². The molecule has 0 heterocycles. The van der Waals surface area contributed by atoms with Gasteiger partial charge in [0, 0.05) is 90.4 Å². The van der Waals surface area contributed by atoms with E-state index >= 15 is 0 Å². The van der Waals surface area contributed by atoms with Crippen LogP contribution < -0.4 is 0 Å². The molecule has 0 atom stereocenters. The molecule has 16 heteroatoms. The maximum absolute atomic E-state index is 9.60. The SMILES string of the molecule is C=C(C)C(=O)O.C=C(C)C(=O)O.OCCCCCCO.OCCCCCCO.OCCCCCCO.OCCCCCCO.OCCCCCCO.OCCCCCCO. The lowest BCUT2D eigenvalue weighted by molar-refractivity contribution is -0.133. The molecule has 0 aromatic rings. The maximum atomic E-state index is 9.60. The van der Waals surface area contributed by atoms with Gasteiger partial charge in [0.25, 0.3) is 0 Å². The molecule has 0 unspecified atom stereocenters. The number of rotatable bonds is 32. The molecule has 368 valence electrons. The zero-order valence-corrected chi connectivity index (χ0v) is 37.9. The Labute approximate surface area is 364 Å². The number of unbranched alkanes of at least 4 members (excludes halogenated alkanes) is 18. The smallest absolute Gasteiger partial charge is 0.330 e. The first-order chi connectivity index (χ1) is 28.8. The highest BCUT2D eigenvalue weighted by molar-refractivity contribution is 5.85. The average molecular weight is 881 g/mol. The highest BCUT2D eigenvalue weighted by atomic mass is 16.4. The Hall–Kier alpha value is -2.06. The minimum atomic E-state index is -0.935. The molecule has 0 saturated carbocycles. The first-order valence-corrected chi connectivity index (χ1v) is 21.9. The molecule has 14 N–H and O–H groups in total. The van der Waals surface area contributed by atoms with Crippen molar-refractivity contribution < 1.29 is 81.1 Å². The molecule has 60 heavy (non-hydrogen) atoms. The van der Waals surface area contributed by atoms with Crippen molar-refractivity contribution in [3.63, 3.8) is 0 Å². The van der Waals surface area contributed by atoms with Crippen LogP contribution in [-0.2, 0) is 9.59 Å². The summed E-state index contributed by atoms with van der Waals surface area (Å²) in [6.45, 7) is 12.6. The number of hydrogen-bond donors (Lipinski definition) is 14. The summed E-state index contributed by atoms with van der Waals surface area (Å²) in [4.78, 5) is 19.2. The van der Waals surface area contributed by atoms with Crippen LogP contribution in [0.2, 0.25) is 0 Å². The van der Waals surface area contributed by atoms with Gasteiger partial charge in [-0.05, 0) is 90.9 Å². The Morgan fingerprint density at radius 1 is 0.250 bits per heavy atom. The maximum Gasteiger partial charge on any atom is 0.330 e. The summed E-state index contributed by atoms with van der Waals surface area (Å²) in [5.74, 6) is -1.87. The van der Waals surface area contributed by atoms with Crippen LogP contribution in [0.5, 0.6) is 0 Å². The lowest BCUT2D eigenvalue weighted by Crippen LogP contribution is -1.92. The number of hydrogen-bond acceptors (Lipinski definition) is 14. The summed E-state index contributed by atoms with van der Waals surface area (Å²) in [7, 11) is 0. The monoisotopic (exact) mass is 881 g/mol. The van der Waals surface area contributed by atoms with Crippen molar-refractivity contribution in [2.45, 2.75) is 168 Å². The summed E-state index contributed by atoms with van der Waals surface area (Å²) < 4.78 is 0. The van der Waals surface area contributed by atoms with Crippen LogP contribution in [0.25, 0.3) is 0 Å². The summed E-state index contributed by atoms with van der Waals surface area (Å²) in [5, 5.41) is 115. The van der Waals surface area contributed by atoms with Crippen molar-refractivity contribution >= 4 is 11.9 Å². The highest BCUT2D eigenvalue weighted by Gasteiger charge is 1.91. The molecule has 0 amide bonds. The van der Waals surface area contributed by atoms with E-state index in [1.54, 1.807) is 0 Å². The van der Waals surface area contributed by atoms with Gasteiger partial charge in [0.1, 0.15) is 0 Å². The molecule has 0 radical (unpaired) electrons. The summed E-state index contributed by atoms with van der Waals surface area (Å²) in [5.41, 5.74) is 0.352. The second kappa shape index (κ2) is 84.4. The molecule has 0 aromatic carbocycles. The Balaban J connectivity index is -0.0000000860. The van der Waals surface area contributed by atoms with Crippen molar-refractivity contribution in [1.29, 1.82) is 0 Å². The normalized spacial score (nSPS) is 9.30. The minimum Gasteiger partial charge on any atom is -0.478 e. The van der Waals surface area contributed by atoms with E-state index in [9.17, 15) is 9.59 Å². The average Bonchev–Trinajstić information content (AvgIpc) is 3.23. The molecular weight excluding hydrogens is 784 g/mol. The molecule has 16 nitrogen and oxygen atoms in total. The Bertz CT molecular complexity index is 566. The lowest BCUT2D eigenvalue weighted by atomic mass is 10.2. The predicted molar refractivity (Wildman–Crippen MR) is 241 cm³/mol. The fourth-order valence-corrected chi connectivity index (χ4v) is 3.46. The quantitative estimate of drug-likeness (QED) is 0.0327. The van der Waals surface area contributed by atoms with Gasteiger partial charge in [-0.25, -0.2) is 9.59 Å². The molecule has 0 aliphatic heterocycles. The van der Waals surface area contributed by atoms with Crippen LogP contribution in [0.1, 0.15) is 168 Å². The third-order valence-corrected chi connectivity index (χ3v) is 7.13.